The van der Waals surface area contributed by atoms with Gasteiger partial charge in [-0.25, -0.2) is 4.68 Å². The van der Waals surface area contributed by atoms with E-state index in [0.29, 0.717) is 16.5 Å². The van der Waals surface area contributed by atoms with Crippen molar-refractivity contribution in [3.63, 3.8) is 0 Å². The highest BCUT2D eigenvalue weighted by molar-refractivity contribution is 8.01. The van der Waals surface area contributed by atoms with Crippen LogP contribution in [0.25, 0.3) is 0 Å². The number of amides is 1. The predicted octanol–water partition coefficient (Wildman–Crippen LogP) is -1.07. The molecule has 3 heterocycles. The molecule has 0 unspecified atom stereocenters. The maximum atomic E-state index is 11.9. The summed E-state index contributed by atoms with van der Waals surface area (Å²) in [4.78, 5) is 32.2. The fourth-order valence-corrected chi connectivity index (χ4v) is 5.91. The van der Waals surface area contributed by atoms with Crippen molar-refractivity contribution in [2.45, 2.75) is 16.6 Å². The van der Waals surface area contributed by atoms with Gasteiger partial charge in [0.2, 0.25) is 11.1 Å². The Morgan fingerprint density at radius 3 is 2.86 bits per heavy atom. The highest BCUT2D eigenvalue weighted by Crippen LogP contribution is 2.55. The molecule has 0 saturated carbocycles. The van der Waals surface area contributed by atoms with Crippen LogP contribution >= 0.6 is 31.1 Å². The molecule has 0 radical (unpaired) electrons. The molecule has 1 fully saturated rings. The highest BCUT2D eigenvalue weighted by Gasteiger charge is 2.53. The SMILES string of the molecule is Cn1nnnc1SCC1=C(P(=O)(O)O)N2C(=O)[C@@H](N)[C@@H]2SC1. The number of carbonyl (C=O) groups excluding carboxylic acids is 1. The van der Waals surface area contributed by atoms with Crippen molar-refractivity contribution in [2.75, 3.05) is 11.5 Å². The molecular formula is C9H13N6O4PS2. The number of aryl methyl sites for hydroxylation is 1. The lowest BCUT2D eigenvalue weighted by atomic mass is 10.1. The molecule has 1 saturated heterocycles. The van der Waals surface area contributed by atoms with Crippen molar-refractivity contribution in [3.8, 4) is 0 Å². The Hall–Kier alpha value is -0.910. The zero-order valence-corrected chi connectivity index (χ0v) is 13.9. The summed E-state index contributed by atoms with van der Waals surface area (Å²) < 4.78 is 13.3. The summed E-state index contributed by atoms with van der Waals surface area (Å²) in [5, 5.41) is 11.1. The van der Waals surface area contributed by atoms with Crippen LogP contribution in [0.2, 0.25) is 0 Å². The van der Waals surface area contributed by atoms with Crippen LogP contribution in [-0.4, -0.2) is 63.7 Å². The summed E-state index contributed by atoms with van der Waals surface area (Å²) in [5.74, 6) is 0.229. The summed E-state index contributed by atoms with van der Waals surface area (Å²) in [6, 6.07) is -0.705. The van der Waals surface area contributed by atoms with Gasteiger partial charge in [0.15, 0.2) is 0 Å². The molecule has 10 nitrogen and oxygen atoms in total. The number of hydrogen-bond acceptors (Lipinski definition) is 8. The third kappa shape index (κ3) is 2.59. The molecule has 13 heteroatoms. The summed E-state index contributed by atoms with van der Waals surface area (Å²) in [6.45, 7) is 0. The lowest BCUT2D eigenvalue weighted by molar-refractivity contribution is -0.140. The minimum Gasteiger partial charge on any atom is -0.320 e. The molecule has 1 aromatic heterocycles. The van der Waals surface area contributed by atoms with Crippen LogP contribution in [0.4, 0.5) is 0 Å². The molecule has 0 aromatic carbocycles. The van der Waals surface area contributed by atoms with Gasteiger partial charge in [-0.1, -0.05) is 11.8 Å². The van der Waals surface area contributed by atoms with Gasteiger partial charge in [0.1, 0.15) is 16.9 Å². The number of tetrazole rings is 1. The standard InChI is InChI=1S/C9H13N6O4PS2/c1-14-9(11-12-13-14)22-3-4-2-21-8-5(10)6(16)15(8)7(4)20(17,18)19/h5,8H,2-3,10H2,1H3,(H2,17,18,19)/t5-,8+/m1/s1. The van der Waals surface area contributed by atoms with E-state index in [1.807, 2.05) is 0 Å². The van der Waals surface area contributed by atoms with Crippen LogP contribution in [0.5, 0.6) is 0 Å². The quantitative estimate of drug-likeness (QED) is 0.343. The van der Waals surface area contributed by atoms with E-state index in [4.69, 9.17) is 5.73 Å². The van der Waals surface area contributed by atoms with Crippen LogP contribution in [-0.2, 0) is 16.4 Å². The molecule has 0 spiro atoms. The molecule has 22 heavy (non-hydrogen) atoms. The van der Waals surface area contributed by atoms with Gasteiger partial charge in [-0.15, -0.1) is 16.9 Å². The van der Waals surface area contributed by atoms with Crippen molar-refractivity contribution >= 4 is 37.0 Å². The number of carbonyl (C=O) groups is 1. The lowest BCUT2D eigenvalue weighted by Gasteiger charge is -2.49. The first-order chi connectivity index (χ1) is 10.3. The van der Waals surface area contributed by atoms with E-state index in [2.05, 4.69) is 15.5 Å². The van der Waals surface area contributed by atoms with Crippen molar-refractivity contribution in [1.82, 2.24) is 25.1 Å². The molecule has 120 valence electrons. The number of rotatable bonds is 4. The average Bonchev–Trinajstić information content (AvgIpc) is 2.87. The second-order valence-corrected chi connectivity index (χ2v) is 8.34. The fourth-order valence-electron chi connectivity index (χ4n) is 2.26. The van der Waals surface area contributed by atoms with E-state index in [0.717, 1.165) is 4.90 Å². The summed E-state index contributed by atoms with van der Waals surface area (Å²) in [7, 11) is -2.91. The lowest BCUT2D eigenvalue weighted by Crippen LogP contribution is -2.67. The van der Waals surface area contributed by atoms with Gasteiger partial charge in [0.05, 0.1) is 0 Å². The number of β-lactam (4-membered cyclic amide) rings is 1. The largest absolute Gasteiger partial charge is 0.372 e. The minimum absolute atomic E-state index is 0.217. The number of thioether (sulfide) groups is 2. The Bertz CT molecular complexity index is 702. The Morgan fingerprint density at radius 1 is 1.55 bits per heavy atom. The van der Waals surface area contributed by atoms with Gasteiger partial charge in [0.25, 0.3) is 0 Å². The van der Waals surface area contributed by atoms with Crippen LogP contribution < -0.4 is 5.73 Å². The number of fused-ring (bicyclic) bond motifs is 1. The minimum atomic E-state index is -4.58. The zero-order valence-electron chi connectivity index (χ0n) is 11.4. The molecule has 2 aliphatic heterocycles. The average molecular weight is 364 g/mol. The van der Waals surface area contributed by atoms with E-state index < -0.39 is 24.9 Å². The third-order valence-corrected chi connectivity index (χ3v) is 6.83. The molecule has 4 N–H and O–H groups in total. The van der Waals surface area contributed by atoms with Gasteiger partial charge < -0.3 is 15.5 Å². The number of aromatic nitrogens is 4. The summed E-state index contributed by atoms with van der Waals surface area (Å²) in [5.41, 5.74) is 5.96. The smallest absolute Gasteiger partial charge is 0.320 e. The highest BCUT2D eigenvalue weighted by atomic mass is 32.2. The van der Waals surface area contributed by atoms with Crippen LogP contribution in [0, 0.1) is 0 Å². The topological polar surface area (TPSA) is 147 Å². The molecule has 1 amide bonds. The maximum absolute atomic E-state index is 11.9. The van der Waals surface area contributed by atoms with Crippen LogP contribution in [0.1, 0.15) is 0 Å². The molecule has 1 aromatic rings. The van der Waals surface area contributed by atoms with Crippen molar-refractivity contribution in [3.05, 3.63) is 11.0 Å². The van der Waals surface area contributed by atoms with E-state index in [1.165, 1.54) is 28.2 Å². The number of nitrogens with zero attached hydrogens (tertiary/aromatic N) is 5. The summed E-state index contributed by atoms with van der Waals surface area (Å²) in [6.07, 6.45) is 0. The Labute approximate surface area is 133 Å². The van der Waals surface area contributed by atoms with Crippen molar-refractivity contribution < 1.29 is 19.1 Å². The Balaban J connectivity index is 1.89. The Kier molecular flexibility index (Phi) is 4.08. The van der Waals surface area contributed by atoms with Gasteiger partial charge in [-0.05, 0) is 16.0 Å². The van der Waals surface area contributed by atoms with Gasteiger partial charge in [0, 0.05) is 18.6 Å². The predicted molar refractivity (Wildman–Crippen MR) is 79.7 cm³/mol. The summed E-state index contributed by atoms with van der Waals surface area (Å²) >= 11 is 2.65. The first kappa shape index (κ1) is 16.0. The van der Waals surface area contributed by atoms with Gasteiger partial charge in [-0.3, -0.25) is 14.3 Å². The second kappa shape index (κ2) is 5.62. The number of hydrogen-bond donors (Lipinski definition) is 3. The van der Waals surface area contributed by atoms with Crippen molar-refractivity contribution in [1.29, 1.82) is 0 Å². The van der Waals surface area contributed by atoms with E-state index in [-0.39, 0.29) is 11.2 Å². The first-order valence-electron chi connectivity index (χ1n) is 6.14. The van der Waals surface area contributed by atoms with Crippen LogP contribution in [0.15, 0.2) is 16.2 Å². The number of nitrogens with two attached hydrogens (primary N) is 1. The van der Waals surface area contributed by atoms with Crippen LogP contribution in [0.3, 0.4) is 0 Å². The van der Waals surface area contributed by atoms with Gasteiger partial charge in [-0.2, -0.15) is 0 Å². The first-order valence-corrected chi connectivity index (χ1v) is 9.79. The fraction of sp³-hybridized carbons (Fsp3) is 0.556. The molecule has 3 rings (SSSR count). The maximum Gasteiger partial charge on any atom is 0.372 e. The molecule has 2 aliphatic rings. The molecule has 0 bridgehead atoms. The second-order valence-electron chi connectivity index (χ2n) is 4.78. The zero-order chi connectivity index (χ0) is 16.1. The molecule has 0 aliphatic carbocycles. The normalized spacial score (nSPS) is 25.3. The van der Waals surface area contributed by atoms with E-state index >= 15 is 0 Å². The Morgan fingerprint density at radius 2 is 2.27 bits per heavy atom. The van der Waals surface area contributed by atoms with E-state index in [9.17, 15) is 19.1 Å². The van der Waals surface area contributed by atoms with E-state index in [1.54, 1.807) is 7.05 Å². The van der Waals surface area contributed by atoms with Crippen molar-refractivity contribution in [2.24, 2.45) is 12.8 Å². The monoisotopic (exact) mass is 364 g/mol. The molecular weight excluding hydrogens is 351 g/mol. The molecule has 2 atom stereocenters. The third-order valence-electron chi connectivity index (χ3n) is 3.29. The van der Waals surface area contributed by atoms with Gasteiger partial charge >= 0.3 is 7.60 Å².